The molecular weight excluding hydrogens is 292 g/mol. The molecule has 0 atom stereocenters. The van der Waals surface area contributed by atoms with Crippen molar-refractivity contribution in [3.8, 4) is 0 Å². The van der Waals surface area contributed by atoms with Gasteiger partial charge in [-0.3, -0.25) is 4.79 Å². The highest BCUT2D eigenvalue weighted by molar-refractivity contribution is 9.10. The number of nitrogens with one attached hydrogen (secondary N) is 2. The van der Waals surface area contributed by atoms with Crippen LogP contribution in [0.15, 0.2) is 28.7 Å². The van der Waals surface area contributed by atoms with Crippen molar-refractivity contribution < 1.29 is 4.79 Å². The predicted octanol–water partition coefficient (Wildman–Crippen LogP) is 3.31. The molecule has 0 saturated heterocycles. The molecule has 18 heavy (non-hydrogen) atoms. The summed E-state index contributed by atoms with van der Waals surface area (Å²) in [5.41, 5.74) is 0.964. The Morgan fingerprint density at radius 3 is 2.67 bits per heavy atom. The Hall–Kier alpha value is -0.870. The Balaban J connectivity index is 1.84. The first kappa shape index (κ1) is 13.6. The molecule has 0 unspecified atom stereocenters. The Labute approximate surface area is 116 Å². The minimum absolute atomic E-state index is 0.00928. The lowest BCUT2D eigenvalue weighted by molar-refractivity contribution is -0.115. The summed E-state index contributed by atoms with van der Waals surface area (Å²) in [5.74, 6) is 0.00928. The lowest BCUT2D eigenvalue weighted by atomic mass is 10.0. The van der Waals surface area contributed by atoms with Gasteiger partial charge in [-0.05, 0) is 47.8 Å². The number of para-hydroxylation sites is 1. The van der Waals surface area contributed by atoms with E-state index >= 15 is 0 Å². The van der Waals surface area contributed by atoms with Crippen LogP contribution < -0.4 is 10.6 Å². The number of hydrogen-bond acceptors (Lipinski definition) is 2. The fourth-order valence-corrected chi connectivity index (χ4v) is 2.77. The van der Waals surface area contributed by atoms with Gasteiger partial charge in [-0.15, -0.1) is 0 Å². The molecule has 1 amide bonds. The van der Waals surface area contributed by atoms with Crippen molar-refractivity contribution in [2.45, 2.75) is 38.1 Å². The number of carbonyl (C=O) groups excluding carboxylic acids is 1. The second-order valence-electron chi connectivity index (χ2n) is 5.15. The van der Waals surface area contributed by atoms with Gasteiger partial charge in [-0.1, -0.05) is 25.0 Å². The highest BCUT2D eigenvalue weighted by atomic mass is 79.9. The second kappa shape index (κ2) is 5.85. The van der Waals surface area contributed by atoms with E-state index < -0.39 is 0 Å². The molecule has 98 valence electrons. The van der Waals surface area contributed by atoms with E-state index in [1.54, 1.807) is 0 Å². The fourth-order valence-electron chi connectivity index (χ4n) is 2.38. The van der Waals surface area contributed by atoms with Crippen LogP contribution in [-0.2, 0) is 4.79 Å². The molecule has 1 aliphatic carbocycles. The van der Waals surface area contributed by atoms with Crippen LogP contribution in [0.5, 0.6) is 0 Å². The summed E-state index contributed by atoms with van der Waals surface area (Å²) in [5, 5.41) is 6.27. The highest BCUT2D eigenvalue weighted by Crippen LogP contribution is 2.28. The Kier molecular flexibility index (Phi) is 4.40. The van der Waals surface area contributed by atoms with E-state index in [9.17, 15) is 4.79 Å². The Bertz CT molecular complexity index is 428. The summed E-state index contributed by atoms with van der Waals surface area (Å²) in [6, 6.07) is 7.64. The summed E-state index contributed by atoms with van der Waals surface area (Å²) in [7, 11) is 0. The SMILES string of the molecule is CC1(NCC(=O)Nc2ccccc2Br)CCCC1. The van der Waals surface area contributed by atoms with E-state index in [0.29, 0.717) is 6.54 Å². The maximum atomic E-state index is 11.9. The van der Waals surface area contributed by atoms with Crippen LogP contribution in [0.25, 0.3) is 0 Å². The van der Waals surface area contributed by atoms with Crippen LogP contribution in [0.3, 0.4) is 0 Å². The van der Waals surface area contributed by atoms with Crippen LogP contribution >= 0.6 is 15.9 Å². The number of benzene rings is 1. The lowest BCUT2D eigenvalue weighted by Gasteiger charge is -2.25. The molecule has 1 aromatic rings. The van der Waals surface area contributed by atoms with Crippen molar-refractivity contribution in [2.75, 3.05) is 11.9 Å². The quantitative estimate of drug-likeness (QED) is 0.896. The van der Waals surface area contributed by atoms with Gasteiger partial charge < -0.3 is 10.6 Å². The van der Waals surface area contributed by atoms with Crippen molar-refractivity contribution in [2.24, 2.45) is 0 Å². The normalized spacial score (nSPS) is 17.7. The van der Waals surface area contributed by atoms with Crippen molar-refractivity contribution >= 4 is 27.5 Å². The minimum atomic E-state index is 0.00928. The van der Waals surface area contributed by atoms with Gasteiger partial charge in [0.25, 0.3) is 0 Å². The lowest BCUT2D eigenvalue weighted by Crippen LogP contribution is -2.43. The van der Waals surface area contributed by atoms with E-state index in [-0.39, 0.29) is 11.4 Å². The van der Waals surface area contributed by atoms with Gasteiger partial charge >= 0.3 is 0 Å². The number of carbonyl (C=O) groups is 1. The van der Waals surface area contributed by atoms with E-state index in [1.807, 2.05) is 24.3 Å². The average molecular weight is 311 g/mol. The summed E-state index contributed by atoms with van der Waals surface area (Å²) in [4.78, 5) is 11.9. The standard InChI is InChI=1S/C14H19BrN2O/c1-14(8-4-5-9-14)16-10-13(18)17-12-7-3-2-6-11(12)15/h2-3,6-7,16H,4-5,8-10H2,1H3,(H,17,18). The third-order valence-corrected chi connectivity index (χ3v) is 4.22. The van der Waals surface area contributed by atoms with E-state index in [4.69, 9.17) is 0 Å². The first-order valence-corrected chi connectivity index (χ1v) is 7.18. The van der Waals surface area contributed by atoms with Gasteiger partial charge in [-0.25, -0.2) is 0 Å². The van der Waals surface area contributed by atoms with E-state index in [0.717, 1.165) is 23.0 Å². The molecule has 0 radical (unpaired) electrons. The molecule has 0 bridgehead atoms. The zero-order valence-corrected chi connectivity index (χ0v) is 12.2. The van der Waals surface area contributed by atoms with Gasteiger partial charge in [0.2, 0.25) is 5.91 Å². The molecule has 4 heteroatoms. The number of amides is 1. The van der Waals surface area contributed by atoms with Crippen LogP contribution in [0.2, 0.25) is 0 Å². The molecule has 1 fully saturated rings. The minimum Gasteiger partial charge on any atom is -0.324 e. The second-order valence-corrected chi connectivity index (χ2v) is 6.00. The van der Waals surface area contributed by atoms with Gasteiger partial charge in [0, 0.05) is 10.0 Å². The molecule has 1 aliphatic rings. The predicted molar refractivity (Wildman–Crippen MR) is 77.6 cm³/mol. The zero-order valence-electron chi connectivity index (χ0n) is 10.6. The third-order valence-electron chi connectivity index (χ3n) is 3.53. The first-order chi connectivity index (χ1) is 8.59. The molecule has 2 rings (SSSR count). The van der Waals surface area contributed by atoms with Gasteiger partial charge in [0.15, 0.2) is 0 Å². The third kappa shape index (κ3) is 3.56. The molecule has 0 spiro atoms. The number of rotatable bonds is 4. The smallest absolute Gasteiger partial charge is 0.238 e. The molecular formula is C14H19BrN2O. The fraction of sp³-hybridized carbons (Fsp3) is 0.500. The number of halogens is 1. The van der Waals surface area contributed by atoms with Crippen molar-refractivity contribution in [1.29, 1.82) is 0 Å². The summed E-state index contributed by atoms with van der Waals surface area (Å²) in [6.45, 7) is 2.57. The van der Waals surface area contributed by atoms with E-state index in [1.165, 1.54) is 12.8 Å². The maximum absolute atomic E-state index is 11.9. The van der Waals surface area contributed by atoms with Crippen molar-refractivity contribution in [3.05, 3.63) is 28.7 Å². The number of anilines is 1. The number of hydrogen-bond donors (Lipinski definition) is 2. The maximum Gasteiger partial charge on any atom is 0.238 e. The van der Waals surface area contributed by atoms with Crippen LogP contribution in [0, 0.1) is 0 Å². The zero-order chi connectivity index (χ0) is 13.0. The largest absolute Gasteiger partial charge is 0.324 e. The molecule has 1 saturated carbocycles. The Morgan fingerprint density at radius 1 is 1.33 bits per heavy atom. The summed E-state index contributed by atoms with van der Waals surface area (Å²) >= 11 is 3.42. The molecule has 1 aromatic carbocycles. The Morgan fingerprint density at radius 2 is 2.00 bits per heavy atom. The highest BCUT2D eigenvalue weighted by Gasteiger charge is 2.28. The first-order valence-electron chi connectivity index (χ1n) is 6.38. The monoisotopic (exact) mass is 310 g/mol. The van der Waals surface area contributed by atoms with Gasteiger partial charge in [0.05, 0.1) is 12.2 Å². The topological polar surface area (TPSA) is 41.1 Å². The summed E-state index contributed by atoms with van der Waals surface area (Å²) < 4.78 is 0.908. The van der Waals surface area contributed by atoms with Crippen molar-refractivity contribution in [3.63, 3.8) is 0 Å². The molecule has 3 nitrogen and oxygen atoms in total. The molecule has 0 aromatic heterocycles. The van der Waals surface area contributed by atoms with E-state index in [2.05, 4.69) is 33.5 Å². The van der Waals surface area contributed by atoms with Crippen LogP contribution in [-0.4, -0.2) is 18.0 Å². The summed E-state index contributed by atoms with van der Waals surface area (Å²) in [6.07, 6.45) is 4.84. The van der Waals surface area contributed by atoms with Gasteiger partial charge in [-0.2, -0.15) is 0 Å². The van der Waals surface area contributed by atoms with Crippen LogP contribution in [0.4, 0.5) is 5.69 Å². The van der Waals surface area contributed by atoms with Gasteiger partial charge in [0.1, 0.15) is 0 Å². The molecule has 0 aliphatic heterocycles. The molecule has 0 heterocycles. The van der Waals surface area contributed by atoms with Crippen LogP contribution in [0.1, 0.15) is 32.6 Å². The molecule has 2 N–H and O–H groups in total. The van der Waals surface area contributed by atoms with Crippen molar-refractivity contribution in [1.82, 2.24) is 5.32 Å². The average Bonchev–Trinajstić information content (AvgIpc) is 2.77.